The van der Waals surface area contributed by atoms with Crippen molar-refractivity contribution in [1.29, 1.82) is 0 Å². The number of fused-ring (bicyclic) bond motifs is 1. The molecule has 0 aromatic carbocycles. The van der Waals surface area contributed by atoms with Crippen molar-refractivity contribution in [3.05, 3.63) is 33.9 Å². The lowest BCUT2D eigenvalue weighted by atomic mass is 10.1. The van der Waals surface area contributed by atoms with Crippen molar-refractivity contribution in [3.8, 4) is 0 Å². The summed E-state index contributed by atoms with van der Waals surface area (Å²) in [5.41, 5.74) is -1.70. The predicted octanol–water partition coefficient (Wildman–Crippen LogP) is 2.11. The van der Waals surface area contributed by atoms with Gasteiger partial charge in [-0.05, 0) is 18.1 Å². The predicted molar refractivity (Wildman–Crippen MR) is 74.9 cm³/mol. The molecular formula is C14H14F3N3O3. The molecule has 0 unspecified atom stereocenters. The van der Waals surface area contributed by atoms with E-state index in [2.05, 4.69) is 14.8 Å². The van der Waals surface area contributed by atoms with Crippen molar-refractivity contribution in [1.82, 2.24) is 14.8 Å². The van der Waals surface area contributed by atoms with Gasteiger partial charge in [0.15, 0.2) is 0 Å². The van der Waals surface area contributed by atoms with Gasteiger partial charge in [0.05, 0.1) is 18.2 Å². The molecule has 124 valence electrons. The molecule has 2 aromatic rings. The topological polar surface area (TPSA) is 74.1 Å². The maximum absolute atomic E-state index is 12.8. The van der Waals surface area contributed by atoms with E-state index in [-0.39, 0.29) is 22.5 Å². The van der Waals surface area contributed by atoms with Gasteiger partial charge >= 0.3 is 12.1 Å². The number of methoxy groups -OCH3 is 1. The van der Waals surface area contributed by atoms with E-state index in [1.807, 2.05) is 0 Å². The molecule has 0 atom stereocenters. The van der Waals surface area contributed by atoms with Crippen LogP contribution in [-0.4, -0.2) is 27.8 Å². The average Bonchev–Trinajstić information content (AvgIpc) is 2.48. The lowest BCUT2D eigenvalue weighted by Gasteiger charge is -2.13. The Morgan fingerprint density at radius 1 is 1.35 bits per heavy atom. The third kappa shape index (κ3) is 3.33. The monoisotopic (exact) mass is 329 g/mol. The van der Waals surface area contributed by atoms with Crippen LogP contribution in [0.1, 0.15) is 31.2 Å². The zero-order valence-electron chi connectivity index (χ0n) is 12.6. The quantitative estimate of drug-likeness (QED) is 0.806. The summed E-state index contributed by atoms with van der Waals surface area (Å²) in [6.45, 7) is 2.99. The van der Waals surface area contributed by atoms with Crippen LogP contribution in [0.25, 0.3) is 10.9 Å². The molecule has 0 aliphatic rings. The Hall–Kier alpha value is -2.45. The number of aromatic nitrogens is 3. The van der Waals surface area contributed by atoms with Crippen LogP contribution in [0.2, 0.25) is 0 Å². The van der Waals surface area contributed by atoms with Gasteiger partial charge in [-0.1, -0.05) is 13.8 Å². The minimum Gasteiger partial charge on any atom is -0.468 e. The Bertz CT molecular complexity index is 812. The van der Waals surface area contributed by atoms with Gasteiger partial charge < -0.3 is 4.74 Å². The normalized spacial score (nSPS) is 12.0. The van der Waals surface area contributed by atoms with Crippen LogP contribution < -0.4 is 5.56 Å². The van der Waals surface area contributed by atoms with Gasteiger partial charge in [-0.25, -0.2) is 9.67 Å². The first-order valence-electron chi connectivity index (χ1n) is 6.71. The third-order valence-electron chi connectivity index (χ3n) is 3.17. The molecule has 0 spiro atoms. The number of hydrogen-bond acceptors (Lipinski definition) is 5. The summed E-state index contributed by atoms with van der Waals surface area (Å²) in [5.74, 6) is -0.980. The van der Waals surface area contributed by atoms with Gasteiger partial charge in [0.2, 0.25) is 0 Å². The third-order valence-corrected chi connectivity index (χ3v) is 3.17. The highest BCUT2D eigenvalue weighted by atomic mass is 19.4. The molecule has 0 fully saturated rings. The van der Waals surface area contributed by atoms with E-state index in [0.717, 1.165) is 23.9 Å². The van der Waals surface area contributed by atoms with Crippen molar-refractivity contribution in [2.75, 3.05) is 7.11 Å². The molecule has 0 amide bonds. The number of rotatable bonds is 3. The molecule has 6 nitrogen and oxygen atoms in total. The number of alkyl halides is 3. The molecule has 0 N–H and O–H groups in total. The minimum absolute atomic E-state index is 0.0272. The molecule has 0 aliphatic heterocycles. The zero-order valence-corrected chi connectivity index (χ0v) is 12.6. The van der Waals surface area contributed by atoms with Crippen molar-refractivity contribution in [3.63, 3.8) is 0 Å². The van der Waals surface area contributed by atoms with Crippen LogP contribution in [0.3, 0.4) is 0 Å². The minimum atomic E-state index is -4.62. The van der Waals surface area contributed by atoms with Gasteiger partial charge in [-0.15, -0.1) is 0 Å². The molecule has 0 saturated heterocycles. The Kier molecular flexibility index (Phi) is 4.39. The number of esters is 1. The second-order valence-corrected chi connectivity index (χ2v) is 5.17. The molecular weight excluding hydrogens is 315 g/mol. The van der Waals surface area contributed by atoms with Crippen molar-refractivity contribution in [2.24, 2.45) is 0 Å². The highest BCUT2D eigenvalue weighted by Gasteiger charge is 2.33. The molecule has 2 rings (SSSR count). The summed E-state index contributed by atoms with van der Waals surface area (Å²) in [7, 11) is 1.16. The Morgan fingerprint density at radius 2 is 2.00 bits per heavy atom. The fourth-order valence-corrected chi connectivity index (χ4v) is 2.03. The van der Waals surface area contributed by atoms with Crippen LogP contribution in [-0.2, 0) is 22.3 Å². The summed E-state index contributed by atoms with van der Waals surface area (Å²) < 4.78 is 43.8. The fourth-order valence-electron chi connectivity index (χ4n) is 2.03. The lowest BCUT2D eigenvalue weighted by molar-refractivity contribution is -0.142. The number of pyridine rings is 1. The molecule has 0 bridgehead atoms. The van der Waals surface area contributed by atoms with E-state index >= 15 is 0 Å². The summed E-state index contributed by atoms with van der Waals surface area (Å²) in [5, 5.41) is 3.96. The van der Waals surface area contributed by atoms with Gasteiger partial charge in [-0.3, -0.25) is 9.59 Å². The average molecular weight is 329 g/mol. The molecule has 2 aromatic heterocycles. The number of ether oxygens (including phenoxy) is 1. The standard InChI is InChI=1S/C14H14F3N3O3/c1-7(2)11-12-8(4-5-9(18-12)14(15,16)17)13(22)20(19-11)6-10(21)23-3/h4-5,7H,6H2,1-3H3. The number of carbonyl (C=O) groups is 1. The highest BCUT2D eigenvalue weighted by Crippen LogP contribution is 2.29. The van der Waals surface area contributed by atoms with E-state index in [1.165, 1.54) is 0 Å². The number of halogens is 3. The molecule has 0 aliphatic carbocycles. The number of carbonyl (C=O) groups excluding carboxylic acids is 1. The second kappa shape index (κ2) is 5.98. The van der Waals surface area contributed by atoms with E-state index < -0.39 is 29.9 Å². The summed E-state index contributed by atoms with van der Waals surface area (Å²) in [6.07, 6.45) is -4.62. The Labute approximate surface area is 128 Å². The molecule has 23 heavy (non-hydrogen) atoms. The second-order valence-electron chi connectivity index (χ2n) is 5.17. The van der Waals surface area contributed by atoms with Crippen LogP contribution in [0.5, 0.6) is 0 Å². The number of nitrogens with zero attached hydrogens (tertiary/aromatic N) is 3. The van der Waals surface area contributed by atoms with Crippen molar-refractivity contribution >= 4 is 16.9 Å². The van der Waals surface area contributed by atoms with Crippen LogP contribution >= 0.6 is 0 Å². The largest absolute Gasteiger partial charge is 0.468 e. The van der Waals surface area contributed by atoms with E-state index in [0.29, 0.717) is 0 Å². The number of hydrogen-bond donors (Lipinski definition) is 0. The first-order valence-corrected chi connectivity index (χ1v) is 6.71. The van der Waals surface area contributed by atoms with Gasteiger partial charge in [-0.2, -0.15) is 18.3 Å². The van der Waals surface area contributed by atoms with Crippen LogP contribution in [0.15, 0.2) is 16.9 Å². The first kappa shape index (κ1) is 16.9. The van der Waals surface area contributed by atoms with Crippen LogP contribution in [0.4, 0.5) is 13.2 Å². The molecule has 0 saturated carbocycles. The van der Waals surface area contributed by atoms with Crippen LogP contribution in [0, 0.1) is 0 Å². The van der Waals surface area contributed by atoms with Crippen molar-refractivity contribution in [2.45, 2.75) is 32.5 Å². The summed E-state index contributed by atoms with van der Waals surface area (Å²) >= 11 is 0. The highest BCUT2D eigenvalue weighted by molar-refractivity contribution is 5.80. The van der Waals surface area contributed by atoms with E-state index in [4.69, 9.17) is 0 Å². The Balaban J connectivity index is 2.75. The van der Waals surface area contributed by atoms with Crippen molar-refractivity contribution < 1.29 is 22.7 Å². The zero-order chi connectivity index (χ0) is 17.4. The maximum Gasteiger partial charge on any atom is 0.433 e. The molecule has 9 heteroatoms. The first-order chi connectivity index (χ1) is 10.6. The molecule has 0 radical (unpaired) electrons. The van der Waals surface area contributed by atoms with Gasteiger partial charge in [0.1, 0.15) is 17.8 Å². The SMILES string of the molecule is COC(=O)Cn1nc(C(C)C)c2nc(C(F)(F)F)ccc2c1=O. The maximum atomic E-state index is 12.8. The Morgan fingerprint density at radius 3 is 2.52 bits per heavy atom. The van der Waals surface area contributed by atoms with Gasteiger partial charge in [0, 0.05) is 0 Å². The smallest absolute Gasteiger partial charge is 0.433 e. The van der Waals surface area contributed by atoms with E-state index in [1.54, 1.807) is 13.8 Å². The summed E-state index contributed by atoms with van der Waals surface area (Å²) in [4.78, 5) is 27.2. The molecule has 2 heterocycles. The van der Waals surface area contributed by atoms with Gasteiger partial charge in [0.25, 0.3) is 5.56 Å². The fraction of sp³-hybridized carbons (Fsp3) is 0.429. The lowest BCUT2D eigenvalue weighted by Crippen LogP contribution is -2.29. The van der Waals surface area contributed by atoms with E-state index in [9.17, 15) is 22.8 Å². The summed E-state index contributed by atoms with van der Waals surface area (Å²) in [6, 6.07) is 1.78.